The van der Waals surface area contributed by atoms with Crippen LogP contribution in [0.25, 0.3) is 0 Å². The van der Waals surface area contributed by atoms with Crippen LogP contribution in [0.5, 0.6) is 0 Å². The quantitative estimate of drug-likeness (QED) is 0.741. The minimum Gasteiger partial charge on any atom is -0.453 e. The zero-order chi connectivity index (χ0) is 10.4. The van der Waals surface area contributed by atoms with Crippen LogP contribution in [0, 0.1) is 5.92 Å². The summed E-state index contributed by atoms with van der Waals surface area (Å²) in [6.07, 6.45) is 3.29. The maximum absolute atomic E-state index is 10.8. The number of piperidine rings is 1. The Morgan fingerprint density at radius 1 is 1.64 bits per heavy atom. The summed E-state index contributed by atoms with van der Waals surface area (Å²) in [5.41, 5.74) is 0. The average Bonchev–Trinajstić information content (AvgIpc) is 2.17. The Hall–Kier alpha value is -0.770. The number of carbonyl (C=O) groups is 1. The molecule has 1 atom stereocenters. The zero-order valence-electron chi connectivity index (χ0n) is 9.08. The number of carbonyl (C=O) groups excluding carboxylic acids is 1. The number of ether oxygens (including phenoxy) is 1. The highest BCUT2D eigenvalue weighted by Gasteiger charge is 2.16. The molecule has 0 saturated carbocycles. The number of hydrogen-bond acceptors (Lipinski definition) is 3. The summed E-state index contributed by atoms with van der Waals surface area (Å²) in [6.45, 7) is 3.09. The van der Waals surface area contributed by atoms with Crippen LogP contribution in [-0.4, -0.2) is 44.8 Å². The second kappa shape index (κ2) is 5.86. The van der Waals surface area contributed by atoms with Crippen molar-refractivity contribution in [2.45, 2.75) is 19.3 Å². The molecule has 1 N–H and O–H groups in total. The molecule has 0 aromatic carbocycles. The van der Waals surface area contributed by atoms with Crippen molar-refractivity contribution in [2.24, 2.45) is 5.92 Å². The summed E-state index contributed by atoms with van der Waals surface area (Å²) in [7, 11) is 3.55. The number of rotatable bonds is 3. The van der Waals surface area contributed by atoms with E-state index in [0.717, 1.165) is 25.4 Å². The Balaban J connectivity index is 2.08. The molecule has 14 heavy (non-hydrogen) atoms. The Kier molecular flexibility index (Phi) is 4.73. The van der Waals surface area contributed by atoms with Gasteiger partial charge in [0.05, 0.1) is 7.11 Å². The van der Waals surface area contributed by atoms with Gasteiger partial charge in [-0.3, -0.25) is 0 Å². The molecule has 82 valence electrons. The Morgan fingerprint density at radius 2 is 2.43 bits per heavy atom. The van der Waals surface area contributed by atoms with Crippen molar-refractivity contribution in [1.82, 2.24) is 10.2 Å². The van der Waals surface area contributed by atoms with E-state index in [0.29, 0.717) is 0 Å². The molecule has 1 heterocycles. The topological polar surface area (TPSA) is 41.6 Å². The third-order valence-electron chi connectivity index (χ3n) is 2.73. The number of hydrogen-bond donors (Lipinski definition) is 1. The van der Waals surface area contributed by atoms with Crippen molar-refractivity contribution < 1.29 is 9.53 Å². The average molecular weight is 200 g/mol. The van der Waals surface area contributed by atoms with Gasteiger partial charge in [-0.15, -0.1) is 0 Å². The van der Waals surface area contributed by atoms with Crippen LogP contribution in [0.2, 0.25) is 0 Å². The lowest BCUT2D eigenvalue weighted by molar-refractivity contribution is 0.167. The molecule has 1 aliphatic rings. The molecule has 1 amide bonds. The normalized spacial score (nSPS) is 23.1. The van der Waals surface area contributed by atoms with Crippen molar-refractivity contribution in [3.63, 3.8) is 0 Å². The summed E-state index contributed by atoms with van der Waals surface area (Å²) in [5.74, 6) is 0.728. The highest BCUT2D eigenvalue weighted by Crippen LogP contribution is 2.17. The lowest BCUT2D eigenvalue weighted by Crippen LogP contribution is -2.34. The van der Waals surface area contributed by atoms with Crippen molar-refractivity contribution >= 4 is 6.09 Å². The van der Waals surface area contributed by atoms with Crippen LogP contribution in [-0.2, 0) is 4.74 Å². The Morgan fingerprint density at radius 3 is 3.07 bits per heavy atom. The summed E-state index contributed by atoms with van der Waals surface area (Å²) in [5, 5.41) is 2.71. The fourth-order valence-corrected chi connectivity index (χ4v) is 1.96. The van der Waals surface area contributed by atoms with Crippen LogP contribution < -0.4 is 5.32 Å². The molecule has 1 rings (SSSR count). The zero-order valence-corrected chi connectivity index (χ0v) is 9.08. The lowest BCUT2D eigenvalue weighted by Gasteiger charge is -2.29. The fraction of sp³-hybridized carbons (Fsp3) is 0.900. The number of likely N-dealkylation sites (tertiary alicyclic amines) is 1. The predicted octanol–water partition coefficient (Wildman–Crippen LogP) is 1.07. The van der Waals surface area contributed by atoms with Crippen molar-refractivity contribution in [3.05, 3.63) is 0 Å². The lowest BCUT2D eigenvalue weighted by atomic mass is 9.95. The van der Waals surface area contributed by atoms with E-state index in [2.05, 4.69) is 22.0 Å². The van der Waals surface area contributed by atoms with Gasteiger partial charge in [0.15, 0.2) is 0 Å². The molecule has 4 nitrogen and oxygen atoms in total. The van der Waals surface area contributed by atoms with Gasteiger partial charge in [0.1, 0.15) is 0 Å². The SMILES string of the molecule is COC(=O)NCCC1CCCN(C)C1. The first-order chi connectivity index (χ1) is 6.72. The number of nitrogens with zero attached hydrogens (tertiary/aromatic N) is 1. The summed E-state index contributed by atoms with van der Waals surface area (Å²) in [4.78, 5) is 13.1. The first-order valence-corrected chi connectivity index (χ1v) is 5.22. The van der Waals surface area contributed by atoms with E-state index < -0.39 is 0 Å². The third-order valence-corrected chi connectivity index (χ3v) is 2.73. The van der Waals surface area contributed by atoms with E-state index in [1.165, 1.54) is 26.5 Å². The van der Waals surface area contributed by atoms with E-state index in [1.54, 1.807) is 0 Å². The summed E-state index contributed by atoms with van der Waals surface area (Å²) >= 11 is 0. The second-order valence-corrected chi connectivity index (χ2v) is 3.98. The van der Waals surface area contributed by atoms with Gasteiger partial charge < -0.3 is 15.0 Å². The first kappa shape index (κ1) is 11.3. The van der Waals surface area contributed by atoms with Gasteiger partial charge in [-0.25, -0.2) is 4.79 Å². The molecule has 0 aromatic heterocycles. The van der Waals surface area contributed by atoms with Crippen molar-refractivity contribution in [3.8, 4) is 0 Å². The van der Waals surface area contributed by atoms with Crippen molar-refractivity contribution in [1.29, 1.82) is 0 Å². The molecule has 1 aliphatic heterocycles. The number of alkyl carbamates (subject to hydrolysis) is 1. The van der Waals surface area contributed by atoms with Crippen LogP contribution in [0.4, 0.5) is 4.79 Å². The molecular formula is C10H20N2O2. The van der Waals surface area contributed by atoms with Gasteiger partial charge in [-0.1, -0.05) is 0 Å². The van der Waals surface area contributed by atoms with Gasteiger partial charge >= 0.3 is 6.09 Å². The van der Waals surface area contributed by atoms with Crippen LogP contribution in [0.3, 0.4) is 0 Å². The highest BCUT2D eigenvalue weighted by atomic mass is 16.5. The molecule has 0 spiro atoms. The molecule has 0 aromatic rings. The third kappa shape index (κ3) is 3.96. The fourth-order valence-electron chi connectivity index (χ4n) is 1.96. The molecule has 0 aliphatic carbocycles. The number of methoxy groups -OCH3 is 1. The molecule has 1 unspecified atom stereocenters. The van der Waals surface area contributed by atoms with Gasteiger partial charge in [0.2, 0.25) is 0 Å². The first-order valence-electron chi connectivity index (χ1n) is 5.22. The smallest absolute Gasteiger partial charge is 0.406 e. The molecule has 1 fully saturated rings. The maximum atomic E-state index is 10.8. The summed E-state index contributed by atoms with van der Waals surface area (Å²) < 4.78 is 4.50. The predicted molar refractivity (Wildman–Crippen MR) is 55.2 cm³/mol. The monoisotopic (exact) mass is 200 g/mol. The number of nitrogens with one attached hydrogen (secondary N) is 1. The minimum absolute atomic E-state index is 0.325. The molecule has 1 saturated heterocycles. The molecule has 0 bridgehead atoms. The largest absolute Gasteiger partial charge is 0.453 e. The number of amides is 1. The molecule has 4 heteroatoms. The van der Waals surface area contributed by atoms with E-state index in [4.69, 9.17) is 0 Å². The Labute approximate surface area is 85.6 Å². The van der Waals surface area contributed by atoms with E-state index in [-0.39, 0.29) is 6.09 Å². The van der Waals surface area contributed by atoms with E-state index >= 15 is 0 Å². The standard InChI is InChI=1S/C10H20N2O2/c1-12-7-3-4-9(8-12)5-6-11-10(13)14-2/h9H,3-8H2,1-2H3,(H,11,13). The van der Waals surface area contributed by atoms with Gasteiger partial charge in [-0.2, -0.15) is 0 Å². The Bertz CT molecular complexity index is 185. The minimum atomic E-state index is -0.325. The molecule has 0 radical (unpaired) electrons. The van der Waals surface area contributed by atoms with E-state index in [1.807, 2.05) is 0 Å². The van der Waals surface area contributed by atoms with Gasteiger partial charge in [-0.05, 0) is 38.8 Å². The van der Waals surface area contributed by atoms with Gasteiger partial charge in [0, 0.05) is 13.1 Å². The van der Waals surface area contributed by atoms with E-state index in [9.17, 15) is 4.79 Å². The van der Waals surface area contributed by atoms with Crippen molar-refractivity contribution in [2.75, 3.05) is 33.8 Å². The second-order valence-electron chi connectivity index (χ2n) is 3.98. The van der Waals surface area contributed by atoms with Gasteiger partial charge in [0.25, 0.3) is 0 Å². The maximum Gasteiger partial charge on any atom is 0.406 e. The highest BCUT2D eigenvalue weighted by molar-refractivity contribution is 5.66. The van der Waals surface area contributed by atoms with Crippen LogP contribution >= 0.6 is 0 Å². The van der Waals surface area contributed by atoms with Crippen LogP contribution in [0.15, 0.2) is 0 Å². The molecular weight excluding hydrogens is 180 g/mol. The van der Waals surface area contributed by atoms with Crippen LogP contribution in [0.1, 0.15) is 19.3 Å². The summed E-state index contributed by atoms with van der Waals surface area (Å²) in [6, 6.07) is 0.